The van der Waals surface area contributed by atoms with E-state index in [4.69, 9.17) is 0 Å². The summed E-state index contributed by atoms with van der Waals surface area (Å²) in [5.41, 5.74) is 0. The molecule has 0 aromatic rings. The number of rotatable bonds is 7. The molecule has 0 saturated carbocycles. The highest BCUT2D eigenvalue weighted by atomic mass is 32.2. The summed E-state index contributed by atoms with van der Waals surface area (Å²) < 4.78 is 0. The molecule has 0 aromatic carbocycles. The normalized spacial score (nSPS) is 25.1. The second-order valence-corrected chi connectivity index (χ2v) is 19.2. The predicted octanol–water partition coefficient (Wildman–Crippen LogP) is 11.3. The zero-order valence-corrected chi connectivity index (χ0v) is 42.2. The molecule has 0 aliphatic carbocycles. The summed E-state index contributed by atoms with van der Waals surface area (Å²) in [5, 5.41) is 0. The Morgan fingerprint density at radius 3 is 1.43 bits per heavy atom. The minimum Gasteiger partial charge on any atom is -0.306 e. The summed E-state index contributed by atoms with van der Waals surface area (Å²) in [5.74, 6) is 6.63. The summed E-state index contributed by atoms with van der Waals surface area (Å²) in [4.78, 5) is 15.5. The van der Waals surface area contributed by atoms with Crippen LogP contribution in [0.3, 0.4) is 0 Å². The second-order valence-electron chi connectivity index (χ2n) is 18.0. The summed E-state index contributed by atoms with van der Waals surface area (Å²) in [6.07, 6.45) is 16.8. The van der Waals surface area contributed by atoms with Crippen molar-refractivity contribution in [1.29, 1.82) is 0 Å². The Balaban J connectivity index is 0.000000693. The van der Waals surface area contributed by atoms with Crippen molar-refractivity contribution >= 4 is 11.8 Å². The van der Waals surface area contributed by atoms with Crippen LogP contribution in [0.5, 0.6) is 0 Å². The third-order valence-corrected chi connectivity index (χ3v) is 14.8. The molecule has 6 aliphatic heterocycles. The molecule has 2 atom stereocenters. The van der Waals surface area contributed by atoms with E-state index in [0.717, 1.165) is 47.8 Å². The highest BCUT2D eigenvalue weighted by molar-refractivity contribution is 7.99. The van der Waals surface area contributed by atoms with E-state index in [1.165, 1.54) is 161 Å². The van der Waals surface area contributed by atoms with Gasteiger partial charge in [-0.05, 0) is 206 Å². The van der Waals surface area contributed by atoms with E-state index < -0.39 is 0 Å². The van der Waals surface area contributed by atoms with Gasteiger partial charge in [0.05, 0.1) is 0 Å². The number of likely N-dealkylation sites (tertiary alicyclic amines) is 5. The van der Waals surface area contributed by atoms with E-state index in [1.54, 1.807) is 0 Å². The molecular weight excluding hydrogens is 705 g/mol. The van der Waals surface area contributed by atoms with Gasteiger partial charge in [-0.2, -0.15) is 11.8 Å². The molecule has 0 amide bonds. The zero-order valence-electron chi connectivity index (χ0n) is 41.4. The SMILES string of the molecule is CC.CC.CC.CC(C)C1CCN(C2CCSCC2)CC1.CC1CCN(C2CCN(C)C2)CC1.CCC(C)N1CCC(C)CC1.CCN(C)C1CCN(C)CC1. The number of hydrogen-bond donors (Lipinski definition) is 0. The minimum absolute atomic E-state index is 0.808. The van der Waals surface area contributed by atoms with E-state index in [2.05, 4.69) is 111 Å². The molecule has 6 rings (SSSR count). The number of piperidine rings is 4. The van der Waals surface area contributed by atoms with E-state index in [1.807, 2.05) is 41.5 Å². The van der Waals surface area contributed by atoms with Gasteiger partial charge >= 0.3 is 0 Å². The molecule has 6 aliphatic rings. The smallest absolute Gasteiger partial charge is 0.0235 e. The monoisotopic (exact) mass is 811 g/mol. The molecule has 0 radical (unpaired) electrons. The molecule has 6 saturated heterocycles. The van der Waals surface area contributed by atoms with Gasteiger partial charge in [-0.1, -0.05) is 83.1 Å². The lowest BCUT2D eigenvalue weighted by Crippen LogP contribution is -2.43. The molecule has 6 nitrogen and oxygen atoms in total. The molecule has 7 heteroatoms. The van der Waals surface area contributed by atoms with Crippen molar-refractivity contribution in [3.8, 4) is 0 Å². The third-order valence-electron chi connectivity index (χ3n) is 13.8. The van der Waals surface area contributed by atoms with Crippen LogP contribution in [-0.4, -0.2) is 158 Å². The molecule has 338 valence electrons. The second kappa shape index (κ2) is 34.8. The average molecular weight is 811 g/mol. The molecule has 6 heterocycles. The van der Waals surface area contributed by atoms with Gasteiger partial charge in [-0.25, -0.2) is 0 Å². The molecule has 0 spiro atoms. The van der Waals surface area contributed by atoms with Crippen LogP contribution in [0.25, 0.3) is 0 Å². The minimum atomic E-state index is 0.808. The van der Waals surface area contributed by atoms with E-state index in [-0.39, 0.29) is 0 Å². The van der Waals surface area contributed by atoms with Crippen LogP contribution in [0.15, 0.2) is 0 Å². The first-order chi connectivity index (χ1) is 27.0. The Bertz CT molecular complexity index is 794. The van der Waals surface area contributed by atoms with Gasteiger partial charge in [-0.15, -0.1) is 0 Å². The fraction of sp³-hybridized carbons (Fsp3) is 1.00. The Kier molecular flexibility index (Phi) is 34.9. The Hall–Kier alpha value is 0.110. The standard InChI is InChI=1S/C13H25NS.C11H22N2.C10H21N.C9H20N2.3C2H6/c1-11(2)12-3-7-14(8-4-12)13-5-9-15-10-6-13;1-10-3-7-13(8-4-10)11-5-6-12(2)9-11;1-4-10(3)11-7-5-9(2)6-8-11;1-4-11(3)9-5-7-10(2)8-6-9;3*1-2/h11-13H,3-10H2,1-2H3;10-11H,3-9H2,1-2H3;9-10H,4-8H2,1-3H3;9H,4-8H2,1-3H3;3*1-2H3. The molecule has 6 fully saturated rings. The number of thioether (sulfide) groups is 1. The maximum atomic E-state index is 2.78. The lowest BCUT2D eigenvalue weighted by molar-refractivity contribution is 0.109. The lowest BCUT2D eigenvalue weighted by Gasteiger charge is -2.40. The van der Waals surface area contributed by atoms with Crippen molar-refractivity contribution in [2.45, 2.75) is 191 Å². The van der Waals surface area contributed by atoms with E-state index in [9.17, 15) is 0 Å². The van der Waals surface area contributed by atoms with Gasteiger partial charge in [0.25, 0.3) is 0 Å². The van der Waals surface area contributed by atoms with Gasteiger partial charge in [0, 0.05) is 30.7 Å². The quantitative estimate of drug-likeness (QED) is 0.252. The van der Waals surface area contributed by atoms with Crippen molar-refractivity contribution in [3.63, 3.8) is 0 Å². The number of nitrogens with zero attached hydrogens (tertiary/aromatic N) is 6. The fourth-order valence-corrected chi connectivity index (χ4v) is 10.1. The first-order valence-electron chi connectivity index (χ1n) is 24.9. The topological polar surface area (TPSA) is 19.4 Å². The molecular formula is C49H106N6S. The van der Waals surface area contributed by atoms with E-state index in [0.29, 0.717) is 0 Å². The van der Waals surface area contributed by atoms with Crippen LogP contribution in [0.1, 0.15) is 167 Å². The molecule has 2 unspecified atom stereocenters. The largest absolute Gasteiger partial charge is 0.306 e. The Morgan fingerprint density at radius 1 is 0.554 bits per heavy atom. The van der Waals surface area contributed by atoms with Gasteiger partial charge in [0.1, 0.15) is 0 Å². The summed E-state index contributed by atoms with van der Waals surface area (Å²) in [6.45, 7) is 42.8. The molecule has 0 aromatic heterocycles. The van der Waals surface area contributed by atoms with Crippen LogP contribution in [-0.2, 0) is 0 Å². The van der Waals surface area contributed by atoms with Gasteiger partial charge in [0.2, 0.25) is 0 Å². The predicted molar refractivity (Wildman–Crippen MR) is 258 cm³/mol. The summed E-state index contributed by atoms with van der Waals surface area (Å²) in [7, 11) is 6.69. The molecule has 0 bridgehead atoms. The lowest BCUT2D eigenvalue weighted by atomic mass is 9.86. The van der Waals surface area contributed by atoms with Crippen molar-refractivity contribution in [2.75, 3.05) is 105 Å². The molecule has 0 N–H and O–H groups in total. The highest BCUT2D eigenvalue weighted by Crippen LogP contribution is 2.29. The van der Waals surface area contributed by atoms with Crippen molar-refractivity contribution in [3.05, 3.63) is 0 Å². The van der Waals surface area contributed by atoms with Crippen molar-refractivity contribution < 1.29 is 0 Å². The Labute approximate surface area is 359 Å². The summed E-state index contributed by atoms with van der Waals surface area (Å²) in [6, 6.07) is 3.45. The van der Waals surface area contributed by atoms with Crippen LogP contribution < -0.4 is 0 Å². The van der Waals surface area contributed by atoms with Crippen LogP contribution in [0.2, 0.25) is 0 Å². The fourth-order valence-electron chi connectivity index (χ4n) is 9.03. The Morgan fingerprint density at radius 2 is 1.00 bits per heavy atom. The summed E-state index contributed by atoms with van der Waals surface area (Å²) >= 11 is 2.14. The zero-order chi connectivity index (χ0) is 42.5. The first-order valence-corrected chi connectivity index (χ1v) is 26.0. The number of hydrogen-bond acceptors (Lipinski definition) is 7. The van der Waals surface area contributed by atoms with Gasteiger partial charge in [0.15, 0.2) is 0 Å². The third kappa shape index (κ3) is 23.2. The van der Waals surface area contributed by atoms with Crippen LogP contribution in [0.4, 0.5) is 0 Å². The van der Waals surface area contributed by atoms with Crippen LogP contribution >= 0.6 is 11.8 Å². The maximum absolute atomic E-state index is 2.78. The first kappa shape index (κ1) is 56.1. The van der Waals surface area contributed by atoms with Crippen molar-refractivity contribution in [1.82, 2.24) is 29.4 Å². The maximum Gasteiger partial charge on any atom is 0.0235 e. The molecule has 56 heavy (non-hydrogen) atoms. The van der Waals surface area contributed by atoms with Crippen molar-refractivity contribution in [2.24, 2.45) is 23.7 Å². The van der Waals surface area contributed by atoms with Gasteiger partial charge < -0.3 is 24.5 Å². The van der Waals surface area contributed by atoms with E-state index >= 15 is 0 Å². The number of likely N-dealkylation sites (N-methyl/N-ethyl adjacent to an activating group) is 1. The van der Waals surface area contributed by atoms with Crippen LogP contribution in [0, 0.1) is 23.7 Å². The van der Waals surface area contributed by atoms with Gasteiger partial charge in [-0.3, -0.25) is 4.90 Å². The average Bonchev–Trinajstić information content (AvgIpc) is 3.70. The highest BCUT2D eigenvalue weighted by Gasteiger charge is 2.29.